The van der Waals surface area contributed by atoms with E-state index in [0.717, 1.165) is 5.39 Å². The molecule has 0 aliphatic heterocycles. The second-order valence-electron chi connectivity index (χ2n) is 5.34. The van der Waals surface area contributed by atoms with Gasteiger partial charge in [-0.25, -0.2) is 0 Å². The quantitative estimate of drug-likeness (QED) is 0.636. The molecule has 3 N–H and O–H groups in total. The second-order valence-corrected chi connectivity index (χ2v) is 5.34. The Morgan fingerprint density at radius 3 is 2.52 bits per heavy atom. The smallest absolute Gasteiger partial charge is 0.305 e. The van der Waals surface area contributed by atoms with E-state index in [1.54, 1.807) is 44.4 Å². The predicted octanol–water partition coefficient (Wildman–Crippen LogP) is 2.53. The summed E-state index contributed by atoms with van der Waals surface area (Å²) >= 11 is 0. The van der Waals surface area contributed by atoms with E-state index in [9.17, 15) is 14.7 Å². The van der Waals surface area contributed by atoms with Gasteiger partial charge in [0.25, 0.3) is 5.91 Å². The summed E-state index contributed by atoms with van der Waals surface area (Å²) in [4.78, 5) is 24.3. The Kier molecular flexibility index (Phi) is 4.30. The molecule has 7 nitrogen and oxygen atoms in total. The fraction of sp³-hybridized carbons (Fsp3) is 0.111. The molecule has 0 aliphatic rings. The summed E-state index contributed by atoms with van der Waals surface area (Å²) in [5.74, 6) is -0.684. The van der Waals surface area contributed by atoms with Crippen LogP contribution < -0.4 is 15.6 Å². The number of aromatic hydroxyl groups is 1. The molecule has 1 heterocycles. The van der Waals surface area contributed by atoms with E-state index in [2.05, 4.69) is 10.9 Å². The van der Waals surface area contributed by atoms with E-state index in [1.165, 1.54) is 12.1 Å². The van der Waals surface area contributed by atoms with Crippen LogP contribution in [-0.2, 0) is 0 Å². The lowest BCUT2D eigenvalue weighted by Gasteiger charge is -2.07. The van der Waals surface area contributed by atoms with Gasteiger partial charge < -0.3 is 14.3 Å². The number of hydrazine groups is 1. The number of aryl methyl sites for hydroxylation is 1. The monoisotopic (exact) mass is 340 g/mol. The highest BCUT2D eigenvalue weighted by Gasteiger charge is 2.19. The maximum absolute atomic E-state index is 12.3. The molecule has 3 rings (SSSR count). The molecule has 3 aromatic rings. The highest BCUT2D eigenvalue weighted by Crippen LogP contribution is 2.28. The first-order valence-corrected chi connectivity index (χ1v) is 7.47. The van der Waals surface area contributed by atoms with E-state index < -0.39 is 11.8 Å². The zero-order valence-corrected chi connectivity index (χ0v) is 13.6. The number of carbonyl (C=O) groups is 2. The van der Waals surface area contributed by atoms with E-state index >= 15 is 0 Å². The molecule has 0 saturated carbocycles. The van der Waals surface area contributed by atoms with Crippen molar-refractivity contribution < 1.29 is 23.8 Å². The number of nitrogens with one attached hydrogen (secondary N) is 2. The number of fused-ring (bicyclic) bond motifs is 1. The first-order valence-electron chi connectivity index (χ1n) is 7.47. The standard InChI is InChI=1S/C18H16N2O5/c1-10-13-9-11(24-2)7-8-15(13)25-16(10)18(23)20-19-17(22)12-5-3-4-6-14(12)21/h3-9,21H,1-2H3,(H,19,22)(H,20,23). The van der Waals surface area contributed by atoms with E-state index in [-0.39, 0.29) is 17.1 Å². The minimum absolute atomic E-state index is 0.0499. The Morgan fingerprint density at radius 2 is 1.80 bits per heavy atom. The maximum Gasteiger partial charge on any atom is 0.305 e. The molecule has 0 radical (unpaired) electrons. The topological polar surface area (TPSA) is 101 Å². The number of phenolic OH excluding ortho intramolecular Hbond substituents is 1. The molecule has 0 aliphatic carbocycles. The fourth-order valence-corrected chi connectivity index (χ4v) is 2.45. The van der Waals surface area contributed by atoms with Crippen molar-refractivity contribution in [2.24, 2.45) is 0 Å². The molecule has 0 bridgehead atoms. The van der Waals surface area contributed by atoms with Gasteiger partial charge in [0.2, 0.25) is 0 Å². The van der Waals surface area contributed by atoms with Crippen molar-refractivity contribution in [3.05, 3.63) is 59.4 Å². The SMILES string of the molecule is COc1ccc2oc(C(=O)NNC(=O)c3ccccc3O)c(C)c2c1. The summed E-state index contributed by atoms with van der Waals surface area (Å²) in [5.41, 5.74) is 5.74. The van der Waals surface area contributed by atoms with Crippen LogP contribution in [0.2, 0.25) is 0 Å². The molecule has 0 spiro atoms. The minimum atomic E-state index is -0.637. The number of carbonyl (C=O) groups excluding carboxylic acids is 2. The number of methoxy groups -OCH3 is 1. The summed E-state index contributed by atoms with van der Waals surface area (Å²) in [5, 5.41) is 10.4. The van der Waals surface area contributed by atoms with Gasteiger partial charge >= 0.3 is 5.91 Å². The maximum atomic E-state index is 12.3. The zero-order chi connectivity index (χ0) is 18.0. The molecule has 0 saturated heterocycles. The number of ether oxygens (including phenoxy) is 1. The lowest BCUT2D eigenvalue weighted by Crippen LogP contribution is -2.41. The first-order chi connectivity index (χ1) is 12.0. The van der Waals surface area contributed by atoms with Gasteiger partial charge in [0.15, 0.2) is 5.76 Å². The van der Waals surface area contributed by atoms with Crippen molar-refractivity contribution in [3.8, 4) is 11.5 Å². The molecular weight excluding hydrogens is 324 g/mol. The molecule has 0 atom stereocenters. The Hall–Kier alpha value is -3.48. The lowest BCUT2D eigenvalue weighted by atomic mass is 10.1. The zero-order valence-electron chi connectivity index (χ0n) is 13.6. The number of furan rings is 1. The van der Waals surface area contributed by atoms with E-state index in [0.29, 0.717) is 16.9 Å². The molecule has 2 amide bonds. The van der Waals surface area contributed by atoms with Crippen LogP contribution in [0.15, 0.2) is 46.9 Å². The molecule has 0 fully saturated rings. The highest BCUT2D eigenvalue weighted by molar-refractivity contribution is 6.02. The van der Waals surface area contributed by atoms with Crippen molar-refractivity contribution >= 4 is 22.8 Å². The van der Waals surface area contributed by atoms with Crippen LogP contribution in [0, 0.1) is 6.92 Å². The van der Waals surface area contributed by atoms with Gasteiger partial charge in [-0.15, -0.1) is 0 Å². The van der Waals surface area contributed by atoms with Crippen LogP contribution >= 0.6 is 0 Å². The molecule has 7 heteroatoms. The number of hydrogen-bond acceptors (Lipinski definition) is 5. The molecule has 128 valence electrons. The Balaban J connectivity index is 1.77. The van der Waals surface area contributed by atoms with Crippen LogP contribution in [0.1, 0.15) is 26.5 Å². The highest BCUT2D eigenvalue weighted by atomic mass is 16.5. The van der Waals surface area contributed by atoms with Crippen LogP contribution in [0.3, 0.4) is 0 Å². The summed E-state index contributed by atoms with van der Waals surface area (Å²) in [6, 6.07) is 11.2. The van der Waals surface area contributed by atoms with Gasteiger partial charge in [-0.3, -0.25) is 20.4 Å². The molecule has 25 heavy (non-hydrogen) atoms. The average Bonchev–Trinajstić information content (AvgIpc) is 2.96. The largest absolute Gasteiger partial charge is 0.507 e. The van der Waals surface area contributed by atoms with Gasteiger partial charge in [0, 0.05) is 10.9 Å². The average molecular weight is 340 g/mol. The summed E-state index contributed by atoms with van der Waals surface area (Å²) < 4.78 is 10.7. The third-order valence-corrected chi connectivity index (χ3v) is 3.79. The van der Waals surface area contributed by atoms with Crippen LogP contribution in [-0.4, -0.2) is 24.0 Å². The fourth-order valence-electron chi connectivity index (χ4n) is 2.45. The third kappa shape index (κ3) is 3.12. The van der Waals surface area contributed by atoms with Crippen LogP contribution in [0.4, 0.5) is 0 Å². The second kappa shape index (κ2) is 6.56. The van der Waals surface area contributed by atoms with Crippen molar-refractivity contribution in [1.29, 1.82) is 0 Å². The Labute approximate surface area is 143 Å². The van der Waals surface area contributed by atoms with Crippen molar-refractivity contribution in [2.75, 3.05) is 7.11 Å². The minimum Gasteiger partial charge on any atom is -0.507 e. The number of rotatable bonds is 3. The van der Waals surface area contributed by atoms with Gasteiger partial charge in [-0.1, -0.05) is 12.1 Å². The van der Waals surface area contributed by atoms with Gasteiger partial charge in [-0.2, -0.15) is 0 Å². The van der Waals surface area contributed by atoms with Crippen molar-refractivity contribution in [3.63, 3.8) is 0 Å². The normalized spacial score (nSPS) is 10.5. The first kappa shape index (κ1) is 16.4. The van der Waals surface area contributed by atoms with Crippen molar-refractivity contribution in [1.82, 2.24) is 10.9 Å². The Bertz CT molecular complexity index is 961. The van der Waals surface area contributed by atoms with Gasteiger partial charge in [-0.05, 0) is 37.3 Å². The lowest BCUT2D eigenvalue weighted by molar-refractivity contribution is 0.0830. The van der Waals surface area contributed by atoms with Gasteiger partial charge in [0.1, 0.15) is 17.1 Å². The Morgan fingerprint density at radius 1 is 1.08 bits per heavy atom. The number of para-hydroxylation sites is 1. The van der Waals surface area contributed by atoms with Crippen LogP contribution in [0.25, 0.3) is 11.0 Å². The molecule has 2 aromatic carbocycles. The number of phenols is 1. The van der Waals surface area contributed by atoms with E-state index in [4.69, 9.17) is 9.15 Å². The third-order valence-electron chi connectivity index (χ3n) is 3.79. The summed E-state index contributed by atoms with van der Waals surface area (Å²) in [6.45, 7) is 1.74. The van der Waals surface area contributed by atoms with E-state index in [1.807, 2.05) is 0 Å². The molecular formula is C18H16N2O5. The molecule has 0 unspecified atom stereocenters. The number of benzene rings is 2. The number of hydrogen-bond donors (Lipinski definition) is 3. The van der Waals surface area contributed by atoms with Gasteiger partial charge in [0.05, 0.1) is 12.7 Å². The summed E-state index contributed by atoms with van der Waals surface area (Å²) in [7, 11) is 1.55. The van der Waals surface area contributed by atoms with Crippen LogP contribution in [0.5, 0.6) is 11.5 Å². The predicted molar refractivity (Wildman–Crippen MR) is 90.5 cm³/mol. The molecule has 1 aromatic heterocycles. The number of amides is 2. The summed E-state index contributed by atoms with van der Waals surface area (Å²) in [6.07, 6.45) is 0. The van der Waals surface area contributed by atoms with Crippen molar-refractivity contribution in [2.45, 2.75) is 6.92 Å².